The quantitative estimate of drug-likeness (QED) is 0.0222. The summed E-state index contributed by atoms with van der Waals surface area (Å²) in [5.74, 6) is 0.106. The lowest BCUT2D eigenvalue weighted by atomic mass is 10.0. The topological polar surface area (TPSA) is 237 Å². The normalized spacial score (nSPS) is 14.1. The lowest BCUT2D eigenvalue weighted by molar-refractivity contribution is -0.161. The van der Waals surface area contributed by atoms with Crippen LogP contribution in [-0.4, -0.2) is 96.7 Å². The molecule has 0 amide bonds. The average Bonchev–Trinajstić information content (AvgIpc) is 2.97. The van der Waals surface area contributed by atoms with Gasteiger partial charge in [0.05, 0.1) is 26.4 Å². The Morgan fingerprint density at radius 2 is 0.489 bits per heavy atom. The molecule has 0 heterocycles. The van der Waals surface area contributed by atoms with Gasteiger partial charge in [0.2, 0.25) is 0 Å². The van der Waals surface area contributed by atoms with E-state index in [1.165, 1.54) is 193 Å². The second kappa shape index (κ2) is 65.7. The number of hydrogen-bond acceptors (Lipinski definition) is 15. The van der Waals surface area contributed by atoms with Gasteiger partial charge in [-0.25, -0.2) is 9.13 Å². The van der Waals surface area contributed by atoms with E-state index in [1.54, 1.807) is 0 Å². The molecular weight excluding hydrogens is 1230 g/mol. The maximum atomic E-state index is 13.1. The highest BCUT2D eigenvalue weighted by Crippen LogP contribution is 2.45. The van der Waals surface area contributed by atoms with Crippen LogP contribution in [0.4, 0.5) is 0 Å². The Kier molecular flexibility index (Phi) is 64.3. The van der Waals surface area contributed by atoms with Crippen LogP contribution in [0.5, 0.6) is 0 Å². The highest BCUT2D eigenvalue weighted by molar-refractivity contribution is 7.47. The molecule has 0 rings (SSSR count). The van der Waals surface area contributed by atoms with E-state index in [0.717, 1.165) is 108 Å². The van der Waals surface area contributed by atoms with Gasteiger partial charge in [0.1, 0.15) is 19.3 Å². The van der Waals surface area contributed by atoms with Gasteiger partial charge in [-0.05, 0) is 43.4 Å². The summed E-state index contributed by atoms with van der Waals surface area (Å²) in [6.45, 7) is 11.8. The predicted molar refractivity (Wildman–Crippen MR) is 381 cm³/mol. The van der Waals surface area contributed by atoms with E-state index in [-0.39, 0.29) is 25.7 Å². The van der Waals surface area contributed by atoms with Crippen LogP contribution in [0, 0.1) is 17.8 Å². The summed E-state index contributed by atoms with van der Waals surface area (Å²) in [5.41, 5.74) is 0. The van der Waals surface area contributed by atoms with E-state index in [4.69, 9.17) is 37.0 Å². The Hall–Kier alpha value is -1.94. The zero-order valence-electron chi connectivity index (χ0n) is 61.4. The number of carbonyl (C=O) groups is 4. The van der Waals surface area contributed by atoms with Crippen molar-refractivity contribution >= 4 is 39.5 Å². The minimum Gasteiger partial charge on any atom is -0.462 e. The summed E-state index contributed by atoms with van der Waals surface area (Å²) in [5, 5.41) is 10.6. The number of unbranched alkanes of at least 4 members (excludes halogenated alkanes) is 41. The standard InChI is InChI=1S/C75H146O17P2/c1-8-9-10-11-12-13-14-15-16-17-18-19-24-27-37-44-51-58-74(79)91-70(62-85-72(77)56-49-42-35-26-23-21-20-22-25-32-39-46-53-66(2)3)64-89-93(81,82)87-60-69(76)61-88-94(83,84)90-65-71(92-75(80)59-52-45-38-31-29-34-41-48-55-68(6)7)63-86-73(78)57-50-43-36-30-28-33-40-47-54-67(4)5/h66-71,76H,8-65H2,1-7H3,(H,81,82)(H,83,84)/t69-,70-,71-/m1/s1. The molecule has 0 aliphatic heterocycles. The van der Waals surface area contributed by atoms with Crippen LogP contribution in [0.1, 0.15) is 382 Å². The van der Waals surface area contributed by atoms with Crippen LogP contribution in [0.3, 0.4) is 0 Å². The van der Waals surface area contributed by atoms with Gasteiger partial charge >= 0.3 is 39.5 Å². The predicted octanol–water partition coefficient (Wildman–Crippen LogP) is 21.8. The number of ether oxygens (including phenoxy) is 4. The monoisotopic (exact) mass is 1380 g/mol. The Morgan fingerprint density at radius 3 is 0.723 bits per heavy atom. The third-order valence-corrected chi connectivity index (χ3v) is 19.3. The molecule has 558 valence electrons. The molecule has 0 bridgehead atoms. The van der Waals surface area contributed by atoms with Crippen LogP contribution >= 0.6 is 15.6 Å². The SMILES string of the molecule is CCCCCCCCCCCCCCCCCCCC(=O)O[C@H](COC(=O)CCCCCCCCCCCCCCC(C)C)COP(=O)(O)OC[C@@H](O)COP(=O)(O)OC[C@@H](COC(=O)CCCCCCCCCCC(C)C)OC(=O)CCCCCCCCCCC(C)C. The highest BCUT2D eigenvalue weighted by Gasteiger charge is 2.30. The van der Waals surface area contributed by atoms with Crippen molar-refractivity contribution in [3.8, 4) is 0 Å². The fourth-order valence-electron chi connectivity index (χ4n) is 11.4. The summed E-state index contributed by atoms with van der Waals surface area (Å²) in [6, 6.07) is 0. The molecule has 0 aromatic rings. The Morgan fingerprint density at radius 1 is 0.287 bits per heavy atom. The van der Waals surface area contributed by atoms with Crippen molar-refractivity contribution in [2.75, 3.05) is 39.6 Å². The minimum absolute atomic E-state index is 0.104. The first-order valence-corrected chi connectivity index (χ1v) is 41.8. The number of hydrogen-bond donors (Lipinski definition) is 3. The van der Waals surface area contributed by atoms with Gasteiger partial charge in [0.15, 0.2) is 12.2 Å². The first-order valence-electron chi connectivity index (χ1n) is 38.8. The summed E-state index contributed by atoms with van der Waals surface area (Å²) in [7, 11) is -9.91. The van der Waals surface area contributed by atoms with Crippen molar-refractivity contribution in [3.05, 3.63) is 0 Å². The molecule has 2 unspecified atom stereocenters. The van der Waals surface area contributed by atoms with E-state index >= 15 is 0 Å². The second-order valence-corrected chi connectivity index (χ2v) is 31.4. The average molecular weight is 1380 g/mol. The van der Waals surface area contributed by atoms with Crippen LogP contribution in [0.15, 0.2) is 0 Å². The molecule has 0 spiro atoms. The van der Waals surface area contributed by atoms with Crippen molar-refractivity contribution in [2.45, 2.75) is 401 Å². The number of aliphatic hydroxyl groups is 1. The fraction of sp³-hybridized carbons (Fsp3) is 0.947. The first-order chi connectivity index (χ1) is 45.2. The van der Waals surface area contributed by atoms with Crippen LogP contribution < -0.4 is 0 Å². The lowest BCUT2D eigenvalue weighted by Crippen LogP contribution is -2.30. The molecular formula is C75H146O17P2. The Bertz CT molecular complexity index is 1840. The summed E-state index contributed by atoms with van der Waals surface area (Å²) in [4.78, 5) is 72.8. The van der Waals surface area contributed by atoms with E-state index < -0.39 is 97.5 Å². The molecule has 17 nitrogen and oxygen atoms in total. The van der Waals surface area contributed by atoms with Crippen LogP contribution in [-0.2, 0) is 65.4 Å². The lowest BCUT2D eigenvalue weighted by Gasteiger charge is -2.21. The number of esters is 4. The van der Waals surface area contributed by atoms with E-state index in [1.807, 2.05) is 0 Å². The van der Waals surface area contributed by atoms with Crippen molar-refractivity contribution in [1.29, 1.82) is 0 Å². The Balaban J connectivity index is 5.25. The van der Waals surface area contributed by atoms with E-state index in [9.17, 15) is 43.2 Å². The smallest absolute Gasteiger partial charge is 0.462 e. The molecule has 0 radical (unpaired) electrons. The van der Waals surface area contributed by atoms with Gasteiger partial charge in [-0.15, -0.1) is 0 Å². The maximum absolute atomic E-state index is 13.1. The maximum Gasteiger partial charge on any atom is 0.472 e. The summed E-state index contributed by atoms with van der Waals surface area (Å²) >= 11 is 0. The fourth-order valence-corrected chi connectivity index (χ4v) is 13.0. The zero-order chi connectivity index (χ0) is 69.4. The molecule has 0 aromatic carbocycles. The second-order valence-electron chi connectivity index (χ2n) is 28.5. The minimum atomic E-state index is -4.96. The molecule has 0 aliphatic rings. The van der Waals surface area contributed by atoms with Gasteiger partial charge in [-0.2, -0.15) is 0 Å². The summed E-state index contributed by atoms with van der Waals surface area (Å²) < 4.78 is 68.5. The van der Waals surface area contributed by atoms with Crippen LogP contribution in [0.25, 0.3) is 0 Å². The van der Waals surface area contributed by atoms with E-state index in [0.29, 0.717) is 25.7 Å². The van der Waals surface area contributed by atoms with Gasteiger partial charge in [-0.1, -0.05) is 331 Å². The zero-order valence-corrected chi connectivity index (χ0v) is 63.2. The molecule has 0 fully saturated rings. The molecule has 3 N–H and O–H groups in total. The molecule has 19 heteroatoms. The number of rotatable bonds is 73. The number of aliphatic hydroxyl groups excluding tert-OH is 1. The van der Waals surface area contributed by atoms with Gasteiger partial charge in [-0.3, -0.25) is 37.3 Å². The van der Waals surface area contributed by atoms with E-state index in [2.05, 4.69) is 48.5 Å². The highest BCUT2D eigenvalue weighted by atomic mass is 31.2. The number of phosphoric ester groups is 2. The molecule has 5 atom stereocenters. The molecule has 0 aromatic heterocycles. The third-order valence-electron chi connectivity index (χ3n) is 17.4. The largest absolute Gasteiger partial charge is 0.472 e. The van der Waals surface area contributed by atoms with Crippen molar-refractivity contribution < 1.29 is 80.2 Å². The van der Waals surface area contributed by atoms with Gasteiger partial charge in [0.25, 0.3) is 0 Å². The molecule has 0 saturated carbocycles. The van der Waals surface area contributed by atoms with Crippen LogP contribution in [0.2, 0.25) is 0 Å². The number of phosphoric acid groups is 2. The molecule has 94 heavy (non-hydrogen) atoms. The summed E-state index contributed by atoms with van der Waals surface area (Å²) in [6.07, 6.45) is 51.4. The van der Waals surface area contributed by atoms with Crippen molar-refractivity contribution in [1.82, 2.24) is 0 Å². The Labute approximate surface area is 575 Å². The molecule has 0 aliphatic carbocycles. The van der Waals surface area contributed by atoms with Crippen molar-refractivity contribution in [3.63, 3.8) is 0 Å². The van der Waals surface area contributed by atoms with Gasteiger partial charge < -0.3 is 33.8 Å². The third kappa shape index (κ3) is 68.6. The van der Waals surface area contributed by atoms with Crippen molar-refractivity contribution in [2.24, 2.45) is 17.8 Å². The molecule has 0 saturated heterocycles. The van der Waals surface area contributed by atoms with Gasteiger partial charge in [0, 0.05) is 25.7 Å². The first kappa shape index (κ1) is 92.1. The number of carbonyl (C=O) groups excluding carboxylic acids is 4.